The van der Waals surface area contributed by atoms with Gasteiger partial charge in [-0.25, -0.2) is 4.68 Å². The van der Waals surface area contributed by atoms with E-state index in [9.17, 15) is 9.36 Å². The van der Waals surface area contributed by atoms with Crippen LogP contribution in [0, 0.1) is 0 Å². The van der Waals surface area contributed by atoms with Crippen LogP contribution in [0.1, 0.15) is 37.2 Å². The highest BCUT2D eigenvalue weighted by molar-refractivity contribution is 7.53. The van der Waals surface area contributed by atoms with E-state index in [1.165, 1.54) is 4.68 Å². The second kappa shape index (κ2) is 8.11. The molecule has 0 spiro atoms. The molecule has 0 saturated heterocycles. The van der Waals surface area contributed by atoms with Crippen molar-refractivity contribution in [2.75, 3.05) is 25.1 Å². The number of primary amides is 1. The number of anilines is 1. The summed E-state index contributed by atoms with van der Waals surface area (Å²) in [5, 5.41) is 7.36. The molecule has 1 heterocycles. The molecule has 0 saturated carbocycles. The maximum atomic E-state index is 12.2. The largest absolute Gasteiger partial charge is 0.382 e. The van der Waals surface area contributed by atoms with Gasteiger partial charge in [-0.15, -0.1) is 5.10 Å². The molecule has 1 rings (SSSR count). The fourth-order valence-electron chi connectivity index (χ4n) is 1.79. The van der Waals surface area contributed by atoms with E-state index in [0.29, 0.717) is 38.8 Å². The van der Waals surface area contributed by atoms with E-state index in [-0.39, 0.29) is 11.5 Å². The van der Waals surface area contributed by atoms with E-state index in [1.54, 1.807) is 13.8 Å². The van der Waals surface area contributed by atoms with Crippen molar-refractivity contribution in [3.63, 3.8) is 0 Å². The van der Waals surface area contributed by atoms with Crippen LogP contribution in [0.5, 0.6) is 0 Å². The molecule has 0 bridgehead atoms. The van der Waals surface area contributed by atoms with Gasteiger partial charge < -0.3 is 20.5 Å². The van der Waals surface area contributed by atoms with Crippen LogP contribution in [0.15, 0.2) is 0 Å². The Morgan fingerprint density at radius 2 is 1.90 bits per heavy atom. The Balaban J connectivity index is 2.46. The van der Waals surface area contributed by atoms with Crippen molar-refractivity contribution >= 4 is 19.3 Å². The summed E-state index contributed by atoms with van der Waals surface area (Å²) in [5.41, 5.74) is 10.8. The van der Waals surface area contributed by atoms with Gasteiger partial charge >= 0.3 is 7.60 Å². The lowest BCUT2D eigenvalue weighted by atomic mass is 10.3. The van der Waals surface area contributed by atoms with Gasteiger partial charge in [0.25, 0.3) is 5.91 Å². The fourth-order valence-corrected chi connectivity index (χ4v) is 3.52. The number of hydrogen-bond acceptors (Lipinski definition) is 7. The summed E-state index contributed by atoms with van der Waals surface area (Å²) >= 11 is 0. The number of carbonyl (C=O) groups is 1. The molecule has 21 heavy (non-hydrogen) atoms. The normalized spacial score (nSPS) is 11.7. The molecule has 1 aromatic heterocycles. The second-order valence-corrected chi connectivity index (χ2v) is 6.47. The highest BCUT2D eigenvalue weighted by Crippen LogP contribution is 2.48. The first kappa shape index (κ1) is 17.6. The number of rotatable bonds is 10. The highest BCUT2D eigenvalue weighted by atomic mass is 31.2. The van der Waals surface area contributed by atoms with Crippen molar-refractivity contribution in [1.29, 1.82) is 0 Å². The lowest BCUT2D eigenvalue weighted by molar-refractivity contribution is 0.0996. The van der Waals surface area contributed by atoms with Gasteiger partial charge in [-0.2, -0.15) is 0 Å². The van der Waals surface area contributed by atoms with Gasteiger partial charge in [-0.05, 0) is 26.7 Å². The summed E-state index contributed by atoms with van der Waals surface area (Å²) in [7, 11) is -3.01. The van der Waals surface area contributed by atoms with Crippen LogP contribution >= 0.6 is 7.60 Å². The molecule has 4 N–H and O–H groups in total. The molecular weight excluding hydrogens is 297 g/mol. The third kappa shape index (κ3) is 5.11. The topological polar surface area (TPSA) is 135 Å². The molecule has 1 amide bonds. The van der Waals surface area contributed by atoms with Crippen molar-refractivity contribution in [3.05, 3.63) is 5.69 Å². The van der Waals surface area contributed by atoms with E-state index < -0.39 is 13.5 Å². The van der Waals surface area contributed by atoms with Crippen molar-refractivity contribution in [3.8, 4) is 0 Å². The first-order chi connectivity index (χ1) is 9.93. The number of unbranched alkanes of at least 4 members (excludes halogenated alkanes) is 1. The van der Waals surface area contributed by atoms with Crippen LogP contribution in [0.3, 0.4) is 0 Å². The van der Waals surface area contributed by atoms with E-state index in [4.69, 9.17) is 20.5 Å². The third-order valence-corrected chi connectivity index (χ3v) is 4.88. The summed E-state index contributed by atoms with van der Waals surface area (Å²) in [4.78, 5) is 11.0. The number of amides is 1. The number of nitrogens with two attached hydrogens (primary N) is 2. The summed E-state index contributed by atoms with van der Waals surface area (Å²) in [6, 6.07) is 0. The number of hydrogen-bond donors (Lipinski definition) is 2. The summed E-state index contributed by atoms with van der Waals surface area (Å²) < 4.78 is 24.0. The van der Waals surface area contributed by atoms with Gasteiger partial charge in [0.2, 0.25) is 0 Å². The molecule has 0 fully saturated rings. The standard InChI is InChI=1S/C11H22N5O4P/c1-3-19-21(18,20-4-2)8-6-5-7-16-10(12)9(11(13)17)14-15-16/h3-8,12H2,1-2H3,(H2,13,17). The summed E-state index contributed by atoms with van der Waals surface area (Å²) in [6.07, 6.45) is 1.59. The number of aromatic nitrogens is 3. The van der Waals surface area contributed by atoms with E-state index in [0.717, 1.165) is 0 Å². The lowest BCUT2D eigenvalue weighted by Gasteiger charge is -2.16. The molecule has 1 aromatic rings. The van der Waals surface area contributed by atoms with Gasteiger partial charge in [0, 0.05) is 6.54 Å². The third-order valence-electron chi connectivity index (χ3n) is 2.71. The van der Waals surface area contributed by atoms with Crippen LogP contribution in [0.2, 0.25) is 0 Å². The molecule has 10 heteroatoms. The van der Waals surface area contributed by atoms with Crippen LogP contribution in [0.25, 0.3) is 0 Å². The second-order valence-electron chi connectivity index (χ2n) is 4.29. The van der Waals surface area contributed by atoms with Crippen molar-refractivity contribution in [2.24, 2.45) is 5.73 Å². The van der Waals surface area contributed by atoms with E-state index in [2.05, 4.69) is 10.3 Å². The van der Waals surface area contributed by atoms with Crippen molar-refractivity contribution in [2.45, 2.75) is 33.2 Å². The van der Waals surface area contributed by atoms with Crippen molar-refractivity contribution < 1.29 is 18.4 Å². The summed E-state index contributed by atoms with van der Waals surface area (Å²) in [6.45, 7) is 4.68. The number of aryl methyl sites for hydroxylation is 1. The zero-order chi connectivity index (χ0) is 15.9. The Kier molecular flexibility index (Phi) is 6.80. The first-order valence-electron chi connectivity index (χ1n) is 6.80. The minimum Gasteiger partial charge on any atom is -0.382 e. The highest BCUT2D eigenvalue weighted by Gasteiger charge is 2.22. The number of nitrogens with zero attached hydrogens (tertiary/aromatic N) is 3. The Morgan fingerprint density at radius 3 is 2.38 bits per heavy atom. The molecule has 0 aliphatic carbocycles. The molecule has 0 aliphatic rings. The van der Waals surface area contributed by atoms with Crippen molar-refractivity contribution in [1.82, 2.24) is 15.0 Å². The van der Waals surface area contributed by atoms with Crippen LogP contribution in [-0.4, -0.2) is 40.3 Å². The molecule has 0 atom stereocenters. The maximum Gasteiger partial charge on any atom is 0.330 e. The molecule has 0 aromatic carbocycles. The molecule has 0 unspecified atom stereocenters. The maximum absolute atomic E-state index is 12.2. The lowest BCUT2D eigenvalue weighted by Crippen LogP contribution is -2.14. The van der Waals surface area contributed by atoms with Crippen LogP contribution < -0.4 is 11.5 Å². The predicted octanol–water partition coefficient (Wildman–Crippen LogP) is 1.01. The Bertz CT molecular complexity index is 509. The predicted molar refractivity (Wildman–Crippen MR) is 77.9 cm³/mol. The number of nitrogen functional groups attached to an aromatic ring is 1. The minimum absolute atomic E-state index is 0.0377. The average molecular weight is 319 g/mol. The zero-order valence-corrected chi connectivity index (χ0v) is 13.2. The van der Waals surface area contributed by atoms with Gasteiger partial charge in [-0.1, -0.05) is 5.21 Å². The quantitative estimate of drug-likeness (QED) is 0.485. The fraction of sp³-hybridized carbons (Fsp3) is 0.727. The summed E-state index contributed by atoms with van der Waals surface area (Å²) in [5.74, 6) is -0.573. The minimum atomic E-state index is -3.01. The first-order valence-corrected chi connectivity index (χ1v) is 8.53. The molecule has 9 nitrogen and oxygen atoms in total. The molecule has 0 radical (unpaired) electrons. The smallest absolute Gasteiger partial charge is 0.330 e. The molecular formula is C11H22N5O4P. The Morgan fingerprint density at radius 1 is 1.29 bits per heavy atom. The van der Waals surface area contributed by atoms with Gasteiger partial charge in [-0.3, -0.25) is 9.36 Å². The van der Waals surface area contributed by atoms with Gasteiger partial charge in [0.15, 0.2) is 11.5 Å². The SMILES string of the molecule is CCOP(=O)(CCCCn1nnc(C(N)=O)c1N)OCC. The average Bonchev–Trinajstić information content (AvgIpc) is 2.77. The van der Waals surface area contributed by atoms with E-state index >= 15 is 0 Å². The zero-order valence-electron chi connectivity index (χ0n) is 12.3. The number of carbonyl (C=O) groups excluding carboxylic acids is 1. The van der Waals surface area contributed by atoms with Gasteiger partial charge in [0.1, 0.15) is 0 Å². The van der Waals surface area contributed by atoms with E-state index in [1.807, 2.05) is 0 Å². The molecule has 120 valence electrons. The van der Waals surface area contributed by atoms with Crippen LogP contribution in [-0.2, 0) is 20.2 Å². The Hall–Kier alpha value is -1.44. The van der Waals surface area contributed by atoms with Gasteiger partial charge in [0.05, 0.1) is 19.4 Å². The Labute approximate surface area is 123 Å². The molecule has 0 aliphatic heterocycles. The van der Waals surface area contributed by atoms with Crippen LogP contribution in [0.4, 0.5) is 5.82 Å². The monoisotopic (exact) mass is 319 g/mol.